The van der Waals surface area contributed by atoms with E-state index in [0.717, 1.165) is 6.42 Å². The Hall–Kier alpha value is -2.37. The van der Waals surface area contributed by atoms with E-state index in [0.29, 0.717) is 6.61 Å². The minimum atomic E-state index is -1.82. The number of para-hydroxylation sites is 1. The lowest BCUT2D eigenvalue weighted by atomic mass is 10.2. The number of carbonyl (C=O) groups is 3. The van der Waals surface area contributed by atoms with Crippen LogP contribution in [0.25, 0.3) is 0 Å². The monoisotopic (exact) mass is 252 g/mol. The fourth-order valence-corrected chi connectivity index (χ4v) is 1.16. The summed E-state index contributed by atoms with van der Waals surface area (Å²) in [5, 5.41) is 8.33. The summed E-state index contributed by atoms with van der Waals surface area (Å²) in [5.41, 5.74) is 0.0144. The number of esters is 2. The van der Waals surface area contributed by atoms with Crippen molar-refractivity contribution >= 4 is 17.9 Å². The summed E-state index contributed by atoms with van der Waals surface area (Å²) >= 11 is 0. The number of hydrogen-bond acceptors (Lipinski definition) is 5. The molecule has 0 saturated heterocycles. The van der Waals surface area contributed by atoms with Crippen LogP contribution in [0.15, 0.2) is 24.3 Å². The van der Waals surface area contributed by atoms with E-state index in [2.05, 4.69) is 4.74 Å². The molecular formula is C12H12O6. The Bertz CT molecular complexity index is 465. The molecule has 96 valence electrons. The van der Waals surface area contributed by atoms with E-state index in [1.54, 1.807) is 12.1 Å². The van der Waals surface area contributed by atoms with Crippen molar-refractivity contribution in [3.05, 3.63) is 29.8 Å². The molecule has 1 N–H and O–H groups in total. The summed E-state index contributed by atoms with van der Waals surface area (Å²) in [4.78, 5) is 32.6. The van der Waals surface area contributed by atoms with Gasteiger partial charge in [-0.05, 0) is 18.6 Å². The van der Waals surface area contributed by atoms with Crippen molar-refractivity contribution in [1.29, 1.82) is 0 Å². The first-order valence-corrected chi connectivity index (χ1v) is 5.27. The quantitative estimate of drug-likeness (QED) is 0.492. The summed E-state index contributed by atoms with van der Waals surface area (Å²) in [6, 6.07) is 6.14. The van der Waals surface area contributed by atoms with Crippen LogP contribution in [0.3, 0.4) is 0 Å². The van der Waals surface area contributed by atoms with Crippen LogP contribution in [0.4, 0.5) is 0 Å². The molecule has 0 atom stereocenters. The molecule has 0 fully saturated rings. The summed E-state index contributed by atoms with van der Waals surface area (Å²) in [5.74, 6) is -4.24. The first-order chi connectivity index (χ1) is 8.56. The summed E-state index contributed by atoms with van der Waals surface area (Å²) in [6.07, 6.45) is 0.747. The van der Waals surface area contributed by atoms with Gasteiger partial charge in [0.15, 0.2) is 0 Å². The van der Waals surface area contributed by atoms with Gasteiger partial charge in [-0.3, -0.25) is 0 Å². The van der Waals surface area contributed by atoms with Gasteiger partial charge in [-0.25, -0.2) is 14.4 Å². The Kier molecular flexibility index (Phi) is 4.86. The highest BCUT2D eigenvalue weighted by Gasteiger charge is 2.21. The largest absolute Gasteiger partial charge is 0.493 e. The third-order valence-corrected chi connectivity index (χ3v) is 1.93. The van der Waals surface area contributed by atoms with Crippen molar-refractivity contribution < 1.29 is 29.0 Å². The molecule has 0 aliphatic carbocycles. The second-order valence-electron chi connectivity index (χ2n) is 3.33. The lowest BCUT2D eigenvalue weighted by Crippen LogP contribution is -2.21. The molecule has 0 radical (unpaired) electrons. The average molecular weight is 252 g/mol. The molecule has 0 amide bonds. The van der Waals surface area contributed by atoms with E-state index in [-0.39, 0.29) is 11.3 Å². The van der Waals surface area contributed by atoms with Crippen LogP contribution in [0.1, 0.15) is 23.7 Å². The van der Waals surface area contributed by atoms with E-state index in [1.807, 2.05) is 6.92 Å². The highest BCUT2D eigenvalue weighted by molar-refractivity contribution is 6.31. The number of hydrogen-bond donors (Lipinski definition) is 1. The van der Waals surface area contributed by atoms with Crippen LogP contribution in [0, 0.1) is 0 Å². The zero-order valence-corrected chi connectivity index (χ0v) is 9.71. The number of rotatable bonds is 4. The summed E-state index contributed by atoms with van der Waals surface area (Å²) in [6.45, 7) is 2.30. The van der Waals surface area contributed by atoms with Gasteiger partial charge in [-0.1, -0.05) is 19.1 Å². The first-order valence-electron chi connectivity index (χ1n) is 5.27. The first kappa shape index (κ1) is 13.7. The second kappa shape index (κ2) is 6.39. The summed E-state index contributed by atoms with van der Waals surface area (Å²) in [7, 11) is 0. The molecule has 0 aliphatic heterocycles. The third kappa shape index (κ3) is 3.58. The molecule has 6 heteroatoms. The molecule has 1 rings (SSSR count). The smallest absolute Gasteiger partial charge is 0.425 e. The fourth-order valence-electron chi connectivity index (χ4n) is 1.16. The molecule has 0 unspecified atom stereocenters. The maximum absolute atomic E-state index is 11.6. The van der Waals surface area contributed by atoms with Gasteiger partial charge < -0.3 is 14.6 Å². The van der Waals surface area contributed by atoms with Crippen LogP contribution in [-0.2, 0) is 14.3 Å². The lowest BCUT2D eigenvalue weighted by molar-refractivity contribution is -0.160. The Balaban J connectivity index is 2.84. The van der Waals surface area contributed by atoms with Gasteiger partial charge in [0.2, 0.25) is 0 Å². The summed E-state index contributed by atoms with van der Waals surface area (Å²) < 4.78 is 9.45. The van der Waals surface area contributed by atoms with Crippen LogP contribution in [-0.4, -0.2) is 29.6 Å². The lowest BCUT2D eigenvalue weighted by Gasteiger charge is -2.08. The second-order valence-corrected chi connectivity index (χ2v) is 3.33. The van der Waals surface area contributed by atoms with Gasteiger partial charge in [0, 0.05) is 0 Å². The molecule has 18 heavy (non-hydrogen) atoms. The SMILES string of the molecule is CCCOc1ccccc1C(=O)OC(=O)C(=O)O. The minimum absolute atomic E-state index is 0.0144. The molecule has 1 aromatic carbocycles. The molecule has 0 bridgehead atoms. The number of carbonyl (C=O) groups excluding carboxylic acids is 2. The van der Waals surface area contributed by atoms with Gasteiger partial charge in [0.05, 0.1) is 6.61 Å². The molecule has 6 nitrogen and oxygen atoms in total. The Morgan fingerprint density at radius 3 is 2.50 bits per heavy atom. The van der Waals surface area contributed by atoms with Crippen molar-refractivity contribution in [2.75, 3.05) is 6.61 Å². The van der Waals surface area contributed by atoms with Gasteiger partial charge in [0.25, 0.3) is 0 Å². The van der Waals surface area contributed by atoms with Gasteiger partial charge >= 0.3 is 17.9 Å². The van der Waals surface area contributed by atoms with Crippen LogP contribution in [0.5, 0.6) is 5.75 Å². The van der Waals surface area contributed by atoms with E-state index < -0.39 is 17.9 Å². The van der Waals surface area contributed by atoms with Crippen LogP contribution < -0.4 is 4.74 Å². The predicted molar refractivity (Wildman–Crippen MR) is 60.3 cm³/mol. The molecule has 0 spiro atoms. The maximum atomic E-state index is 11.6. The van der Waals surface area contributed by atoms with Gasteiger partial charge in [-0.15, -0.1) is 0 Å². The van der Waals surface area contributed by atoms with E-state index in [4.69, 9.17) is 9.84 Å². The van der Waals surface area contributed by atoms with Crippen LogP contribution in [0.2, 0.25) is 0 Å². The molecule has 0 aliphatic rings. The normalized spacial score (nSPS) is 9.61. The van der Waals surface area contributed by atoms with Crippen molar-refractivity contribution in [1.82, 2.24) is 0 Å². The number of benzene rings is 1. The molecule has 0 heterocycles. The molecule has 0 aromatic heterocycles. The highest BCUT2D eigenvalue weighted by Crippen LogP contribution is 2.19. The zero-order valence-electron chi connectivity index (χ0n) is 9.71. The predicted octanol–water partition coefficient (Wildman–Crippen LogP) is 1.24. The maximum Gasteiger partial charge on any atom is 0.425 e. The molecular weight excluding hydrogens is 240 g/mol. The standard InChI is InChI=1S/C12H12O6/c1-2-7-17-9-6-4-3-5-8(9)11(15)18-12(16)10(13)14/h3-6H,2,7H2,1H3,(H,13,14). The average Bonchev–Trinajstić information content (AvgIpc) is 2.36. The number of aliphatic carboxylic acids is 1. The van der Waals surface area contributed by atoms with Crippen LogP contribution >= 0.6 is 0 Å². The number of carboxylic acids is 1. The number of carboxylic acid groups (broad SMARTS) is 1. The van der Waals surface area contributed by atoms with Crippen molar-refractivity contribution in [3.63, 3.8) is 0 Å². The zero-order chi connectivity index (χ0) is 13.5. The molecule has 0 saturated carbocycles. The minimum Gasteiger partial charge on any atom is -0.493 e. The Morgan fingerprint density at radius 1 is 1.22 bits per heavy atom. The highest BCUT2D eigenvalue weighted by atomic mass is 16.6. The fraction of sp³-hybridized carbons (Fsp3) is 0.250. The third-order valence-electron chi connectivity index (χ3n) is 1.93. The van der Waals surface area contributed by atoms with Crippen molar-refractivity contribution in [2.24, 2.45) is 0 Å². The van der Waals surface area contributed by atoms with E-state index in [1.165, 1.54) is 12.1 Å². The molecule has 1 aromatic rings. The number of ether oxygens (including phenoxy) is 2. The van der Waals surface area contributed by atoms with Crippen molar-refractivity contribution in [3.8, 4) is 5.75 Å². The topological polar surface area (TPSA) is 89.9 Å². The van der Waals surface area contributed by atoms with Gasteiger partial charge in [0.1, 0.15) is 11.3 Å². The Morgan fingerprint density at radius 2 is 1.89 bits per heavy atom. The van der Waals surface area contributed by atoms with E-state index in [9.17, 15) is 14.4 Å². The van der Waals surface area contributed by atoms with E-state index >= 15 is 0 Å². The van der Waals surface area contributed by atoms with Crippen molar-refractivity contribution in [2.45, 2.75) is 13.3 Å². The Labute approximate surface area is 103 Å². The van der Waals surface area contributed by atoms with Gasteiger partial charge in [-0.2, -0.15) is 0 Å².